The quantitative estimate of drug-likeness (QED) is 0.680. The maximum Gasteiger partial charge on any atom is 0.325 e. The van der Waals surface area contributed by atoms with Gasteiger partial charge in [-0.2, -0.15) is 0 Å². The van der Waals surface area contributed by atoms with E-state index in [0.717, 1.165) is 35.3 Å². The number of rotatable bonds is 3. The molecule has 1 fully saturated rings. The maximum absolute atomic E-state index is 13.0. The highest BCUT2D eigenvalue weighted by atomic mass is 16.5. The van der Waals surface area contributed by atoms with Crippen molar-refractivity contribution in [2.45, 2.75) is 37.6 Å². The van der Waals surface area contributed by atoms with Crippen LogP contribution in [0, 0.1) is 0 Å². The van der Waals surface area contributed by atoms with E-state index in [4.69, 9.17) is 0 Å². The van der Waals surface area contributed by atoms with E-state index in [2.05, 4.69) is 10.1 Å². The van der Waals surface area contributed by atoms with Crippen LogP contribution in [0.5, 0.6) is 0 Å². The van der Waals surface area contributed by atoms with Crippen molar-refractivity contribution in [2.75, 3.05) is 13.7 Å². The second kappa shape index (κ2) is 6.02. The van der Waals surface area contributed by atoms with Crippen molar-refractivity contribution in [1.29, 1.82) is 0 Å². The van der Waals surface area contributed by atoms with Gasteiger partial charge in [-0.3, -0.25) is 14.5 Å². The lowest BCUT2D eigenvalue weighted by atomic mass is 9.84. The number of esters is 1. The Hall–Kier alpha value is -2.37. The highest BCUT2D eigenvalue weighted by molar-refractivity contribution is 6.07. The molecule has 1 aliphatic heterocycles. The summed E-state index contributed by atoms with van der Waals surface area (Å²) >= 11 is 0. The van der Waals surface area contributed by atoms with Gasteiger partial charge in [0.15, 0.2) is 0 Å². The smallest absolute Gasteiger partial charge is 0.325 e. The molecule has 2 aliphatic rings. The highest BCUT2D eigenvalue weighted by Gasteiger charge is 2.53. The fraction of sp³-hybridized carbons (Fsp3) is 0.471. The number of imide groups is 1. The summed E-state index contributed by atoms with van der Waals surface area (Å²) in [6.07, 6.45) is 3.36. The largest absolute Gasteiger partial charge is 0.469 e. The first-order valence-corrected chi connectivity index (χ1v) is 7.88. The molecule has 6 heteroatoms. The monoisotopic (exact) mass is 316 g/mol. The number of nitrogens with one attached hydrogen (secondary N) is 1. The van der Waals surface area contributed by atoms with Crippen molar-refractivity contribution in [3.05, 3.63) is 35.4 Å². The van der Waals surface area contributed by atoms with Crippen LogP contribution in [-0.2, 0) is 26.3 Å². The Bertz CT molecular complexity index is 658. The summed E-state index contributed by atoms with van der Waals surface area (Å²) in [6.45, 7) is 0.0429. The highest BCUT2D eigenvalue weighted by Crippen LogP contribution is 2.38. The lowest BCUT2D eigenvalue weighted by Crippen LogP contribution is -2.44. The Morgan fingerprint density at radius 1 is 1.30 bits per heavy atom. The van der Waals surface area contributed by atoms with Crippen LogP contribution in [0.3, 0.4) is 0 Å². The number of hydrogen-bond acceptors (Lipinski definition) is 4. The second-order valence-electron chi connectivity index (χ2n) is 5.98. The summed E-state index contributed by atoms with van der Waals surface area (Å²) < 4.78 is 4.59. The van der Waals surface area contributed by atoms with Crippen LogP contribution in [-0.4, -0.2) is 36.5 Å². The number of methoxy groups -OCH3 is 1. The predicted molar refractivity (Wildman–Crippen MR) is 82.6 cm³/mol. The fourth-order valence-electron chi connectivity index (χ4n) is 3.48. The number of ether oxygens (including phenoxy) is 1. The van der Waals surface area contributed by atoms with Gasteiger partial charge in [-0.05, 0) is 36.8 Å². The van der Waals surface area contributed by atoms with E-state index in [1.165, 1.54) is 7.11 Å². The molecule has 1 aromatic rings. The summed E-state index contributed by atoms with van der Waals surface area (Å²) in [5.74, 6) is -0.700. The van der Waals surface area contributed by atoms with Crippen molar-refractivity contribution in [1.82, 2.24) is 10.2 Å². The molecule has 1 N–H and O–H groups in total. The predicted octanol–water partition coefficient (Wildman–Crippen LogP) is 1.72. The Morgan fingerprint density at radius 2 is 2.09 bits per heavy atom. The minimum atomic E-state index is -0.986. The van der Waals surface area contributed by atoms with Gasteiger partial charge in [0.05, 0.1) is 13.5 Å². The third kappa shape index (κ3) is 2.58. The number of urea groups is 1. The molecule has 0 bridgehead atoms. The van der Waals surface area contributed by atoms with E-state index in [0.29, 0.717) is 6.42 Å². The van der Waals surface area contributed by atoms with Crippen molar-refractivity contribution >= 4 is 17.9 Å². The van der Waals surface area contributed by atoms with Gasteiger partial charge in [0.25, 0.3) is 5.91 Å². The third-order valence-corrected chi connectivity index (χ3v) is 4.67. The standard InChI is InChI=1S/C17H20N2O4/c1-23-14(20)9-11-19-15(21)17(18-16(19)22)10-5-4-7-12-6-2-3-8-13(12)17/h2-3,6,8H,4-5,7,9-11H2,1H3,(H,18,22). The van der Waals surface area contributed by atoms with Gasteiger partial charge in [-0.15, -0.1) is 0 Å². The van der Waals surface area contributed by atoms with Gasteiger partial charge in [0.1, 0.15) is 5.54 Å². The van der Waals surface area contributed by atoms with Crippen LogP contribution in [0.2, 0.25) is 0 Å². The van der Waals surface area contributed by atoms with Crippen LogP contribution >= 0.6 is 0 Å². The molecule has 6 nitrogen and oxygen atoms in total. The number of aryl methyl sites for hydroxylation is 1. The molecule has 1 aliphatic carbocycles. The lowest BCUT2D eigenvalue weighted by molar-refractivity contribution is -0.141. The summed E-state index contributed by atoms with van der Waals surface area (Å²) in [4.78, 5) is 37.8. The Kier molecular flexibility index (Phi) is 4.07. The molecule has 3 rings (SSSR count). The molecule has 0 aromatic heterocycles. The normalized spacial score (nSPS) is 23.4. The van der Waals surface area contributed by atoms with Crippen molar-refractivity contribution in [3.8, 4) is 0 Å². The summed E-state index contributed by atoms with van der Waals surface area (Å²) in [6, 6.07) is 7.34. The number of nitrogens with zero attached hydrogens (tertiary/aromatic N) is 1. The van der Waals surface area contributed by atoms with Crippen molar-refractivity contribution in [3.63, 3.8) is 0 Å². The Labute approximate surface area is 134 Å². The van der Waals surface area contributed by atoms with Crippen molar-refractivity contribution < 1.29 is 19.1 Å². The first-order valence-electron chi connectivity index (χ1n) is 7.88. The van der Waals surface area contributed by atoms with Gasteiger partial charge in [-0.25, -0.2) is 4.79 Å². The number of hydrogen-bond donors (Lipinski definition) is 1. The Morgan fingerprint density at radius 3 is 2.87 bits per heavy atom. The number of fused-ring (bicyclic) bond motifs is 2. The molecular formula is C17H20N2O4. The fourth-order valence-corrected chi connectivity index (χ4v) is 3.48. The third-order valence-electron chi connectivity index (χ3n) is 4.67. The zero-order chi connectivity index (χ0) is 16.4. The molecule has 1 spiro atoms. The minimum absolute atomic E-state index is 0.00733. The number of benzene rings is 1. The molecule has 1 heterocycles. The van der Waals surface area contributed by atoms with Crippen LogP contribution in [0.25, 0.3) is 0 Å². The number of carbonyl (C=O) groups is 3. The average molecular weight is 316 g/mol. The lowest BCUT2D eigenvalue weighted by Gasteiger charge is -2.27. The molecule has 122 valence electrons. The van der Waals surface area contributed by atoms with Crippen LogP contribution in [0.15, 0.2) is 24.3 Å². The van der Waals surface area contributed by atoms with Crippen LogP contribution in [0.1, 0.15) is 36.8 Å². The number of amides is 3. The van der Waals surface area contributed by atoms with Crippen molar-refractivity contribution in [2.24, 2.45) is 0 Å². The SMILES string of the molecule is COC(=O)CCN1C(=O)NC2(CCCCc3ccccc32)C1=O. The molecule has 0 radical (unpaired) electrons. The molecule has 0 saturated carbocycles. The zero-order valence-electron chi connectivity index (χ0n) is 13.1. The first-order chi connectivity index (χ1) is 11.1. The molecule has 3 amide bonds. The maximum atomic E-state index is 13.0. The summed E-state index contributed by atoms with van der Waals surface area (Å²) in [7, 11) is 1.29. The van der Waals surface area contributed by atoms with Gasteiger partial charge in [0.2, 0.25) is 0 Å². The van der Waals surface area contributed by atoms with Crippen LogP contribution in [0.4, 0.5) is 4.79 Å². The van der Waals surface area contributed by atoms with Crippen LogP contribution < -0.4 is 5.32 Å². The van der Waals surface area contributed by atoms with E-state index >= 15 is 0 Å². The van der Waals surface area contributed by atoms with E-state index < -0.39 is 17.5 Å². The van der Waals surface area contributed by atoms with Gasteiger partial charge < -0.3 is 10.1 Å². The van der Waals surface area contributed by atoms with E-state index in [-0.39, 0.29) is 18.9 Å². The van der Waals surface area contributed by atoms with E-state index in [1.54, 1.807) is 0 Å². The van der Waals surface area contributed by atoms with Gasteiger partial charge >= 0.3 is 12.0 Å². The van der Waals surface area contributed by atoms with E-state index in [9.17, 15) is 14.4 Å². The number of carbonyl (C=O) groups excluding carboxylic acids is 3. The molecule has 1 unspecified atom stereocenters. The molecular weight excluding hydrogens is 296 g/mol. The molecule has 1 saturated heterocycles. The topological polar surface area (TPSA) is 75.7 Å². The Balaban J connectivity index is 1.92. The summed E-state index contributed by atoms with van der Waals surface area (Å²) in [5.41, 5.74) is 1.00. The molecule has 23 heavy (non-hydrogen) atoms. The minimum Gasteiger partial charge on any atom is -0.469 e. The van der Waals surface area contributed by atoms with E-state index in [1.807, 2.05) is 24.3 Å². The first kappa shape index (κ1) is 15.5. The van der Waals surface area contributed by atoms with Gasteiger partial charge in [0, 0.05) is 6.54 Å². The zero-order valence-corrected chi connectivity index (χ0v) is 13.1. The average Bonchev–Trinajstić information content (AvgIpc) is 2.71. The second-order valence-corrected chi connectivity index (χ2v) is 5.98. The molecule has 1 aromatic carbocycles. The summed E-state index contributed by atoms with van der Waals surface area (Å²) in [5, 5.41) is 2.89. The molecule has 1 atom stereocenters. The van der Waals surface area contributed by atoms with Gasteiger partial charge in [-0.1, -0.05) is 24.3 Å².